The second-order valence-corrected chi connectivity index (χ2v) is 8.42. The molecule has 0 aliphatic heterocycles. The van der Waals surface area contributed by atoms with Crippen LogP contribution in [0.1, 0.15) is 48.3 Å². The fourth-order valence-electron chi connectivity index (χ4n) is 3.75. The van der Waals surface area contributed by atoms with Crippen molar-refractivity contribution in [2.75, 3.05) is 13.7 Å². The molecule has 2 aromatic carbocycles. The molecule has 1 atom stereocenters. The van der Waals surface area contributed by atoms with Crippen molar-refractivity contribution >= 4 is 6.09 Å². The summed E-state index contributed by atoms with van der Waals surface area (Å²) in [5, 5.41) is 20.3. The van der Waals surface area contributed by atoms with Gasteiger partial charge in [0.2, 0.25) is 0 Å². The average molecular weight is 489 g/mol. The van der Waals surface area contributed by atoms with E-state index in [9.17, 15) is 28.2 Å². The summed E-state index contributed by atoms with van der Waals surface area (Å²) in [4.78, 5) is 16.9. The minimum Gasteiger partial charge on any atom is -0.496 e. The minimum atomic E-state index is -4.61. The maximum absolute atomic E-state index is 13.5. The number of nitrogens with zero attached hydrogens (tertiary/aromatic N) is 2. The van der Waals surface area contributed by atoms with E-state index in [0.29, 0.717) is 16.9 Å². The van der Waals surface area contributed by atoms with Crippen LogP contribution >= 0.6 is 0 Å². The Hall–Kier alpha value is -3.59. The molecule has 0 radical (unpaired) electrons. The van der Waals surface area contributed by atoms with Gasteiger partial charge in [0.25, 0.3) is 0 Å². The van der Waals surface area contributed by atoms with E-state index in [1.54, 1.807) is 24.3 Å². The topological polar surface area (TPSA) is 82.9 Å². The van der Waals surface area contributed by atoms with E-state index in [2.05, 4.69) is 4.98 Å². The van der Waals surface area contributed by atoms with Gasteiger partial charge in [-0.25, -0.2) is 4.79 Å². The van der Waals surface area contributed by atoms with Crippen LogP contribution < -0.4 is 4.74 Å². The van der Waals surface area contributed by atoms with Crippen molar-refractivity contribution < 1.29 is 32.9 Å². The zero-order valence-electron chi connectivity index (χ0n) is 19.6. The first kappa shape index (κ1) is 26.0. The highest BCUT2D eigenvalue weighted by Crippen LogP contribution is 2.38. The van der Waals surface area contributed by atoms with E-state index in [-0.39, 0.29) is 30.3 Å². The third kappa shape index (κ3) is 6.30. The number of aliphatic hydroxyl groups excluding tert-OH is 1. The molecule has 0 aliphatic carbocycles. The number of pyridine rings is 1. The van der Waals surface area contributed by atoms with Crippen molar-refractivity contribution in [2.45, 2.75) is 38.6 Å². The summed E-state index contributed by atoms with van der Waals surface area (Å²) in [5.74, 6) is 0.604. The van der Waals surface area contributed by atoms with E-state index in [1.807, 2.05) is 26.0 Å². The number of hydrogen-bond acceptors (Lipinski definition) is 4. The molecule has 9 heteroatoms. The lowest BCUT2D eigenvalue weighted by Gasteiger charge is -2.25. The Labute approximate surface area is 201 Å². The van der Waals surface area contributed by atoms with Gasteiger partial charge >= 0.3 is 12.3 Å². The molecule has 3 rings (SSSR count). The van der Waals surface area contributed by atoms with Crippen molar-refractivity contribution in [1.82, 2.24) is 9.88 Å². The maximum Gasteiger partial charge on any atom is 0.416 e. The van der Waals surface area contributed by atoms with Crippen molar-refractivity contribution in [3.63, 3.8) is 0 Å². The number of aromatic nitrogens is 1. The van der Waals surface area contributed by atoms with Crippen LogP contribution in [0, 0.1) is 0 Å². The predicted octanol–water partition coefficient (Wildman–Crippen LogP) is 6.11. The molecule has 0 saturated heterocycles. The third-order valence-electron chi connectivity index (χ3n) is 5.67. The highest BCUT2D eigenvalue weighted by atomic mass is 19.4. The van der Waals surface area contributed by atoms with Crippen LogP contribution in [0.2, 0.25) is 0 Å². The summed E-state index contributed by atoms with van der Waals surface area (Å²) < 4.78 is 46.1. The normalized spacial score (nSPS) is 12.5. The van der Waals surface area contributed by atoms with Gasteiger partial charge in [-0.15, -0.1) is 0 Å². The smallest absolute Gasteiger partial charge is 0.416 e. The highest BCUT2D eigenvalue weighted by Gasteiger charge is 2.32. The molecule has 0 fully saturated rings. The minimum absolute atomic E-state index is 0.134. The van der Waals surface area contributed by atoms with Gasteiger partial charge in [0.15, 0.2) is 0 Å². The standard InChI is InChI=1S/C26H27F3N2O4/c1-16(2)17-7-10-24(35-3)21(13-17)20-9-8-19(26(27,28)29)12-18(20)14-31(25(33)34)15-23(32)22-6-4-5-11-30-22/h4-13,16,23,32H,14-15H2,1-3H3,(H,33,34). The number of rotatable bonds is 8. The molecule has 0 saturated carbocycles. The molecule has 1 amide bonds. The number of amides is 1. The Morgan fingerprint density at radius 1 is 1.09 bits per heavy atom. The molecule has 1 aromatic heterocycles. The summed E-state index contributed by atoms with van der Waals surface area (Å²) >= 11 is 0. The number of halogens is 3. The van der Waals surface area contributed by atoms with E-state index >= 15 is 0 Å². The summed E-state index contributed by atoms with van der Waals surface area (Å²) in [6.07, 6.45) is -5.78. The SMILES string of the molecule is COc1ccc(C(C)C)cc1-c1ccc(C(F)(F)F)cc1CN(CC(O)c1ccccn1)C(=O)O. The van der Waals surface area contributed by atoms with Crippen molar-refractivity contribution in [2.24, 2.45) is 0 Å². The highest BCUT2D eigenvalue weighted by molar-refractivity contribution is 5.75. The van der Waals surface area contributed by atoms with Gasteiger partial charge in [-0.3, -0.25) is 4.98 Å². The fourth-order valence-corrected chi connectivity index (χ4v) is 3.75. The molecule has 1 unspecified atom stereocenters. The van der Waals surface area contributed by atoms with E-state index in [1.165, 1.54) is 19.4 Å². The Balaban J connectivity index is 2.08. The number of ether oxygens (including phenoxy) is 1. The van der Waals surface area contributed by atoms with Crippen molar-refractivity contribution in [3.8, 4) is 16.9 Å². The van der Waals surface area contributed by atoms with Crippen LogP contribution in [0.3, 0.4) is 0 Å². The molecule has 35 heavy (non-hydrogen) atoms. The second-order valence-electron chi connectivity index (χ2n) is 8.42. The molecular formula is C26H27F3N2O4. The number of benzene rings is 2. The number of carbonyl (C=O) groups is 1. The number of methoxy groups -OCH3 is 1. The largest absolute Gasteiger partial charge is 0.496 e. The first-order chi connectivity index (χ1) is 16.5. The quantitative estimate of drug-likeness (QED) is 0.400. The Morgan fingerprint density at radius 3 is 2.40 bits per heavy atom. The van der Waals surface area contributed by atoms with E-state index in [0.717, 1.165) is 22.6 Å². The van der Waals surface area contributed by atoms with Gasteiger partial charge in [0.05, 0.1) is 24.9 Å². The van der Waals surface area contributed by atoms with Crippen molar-refractivity contribution in [3.05, 3.63) is 83.2 Å². The zero-order chi connectivity index (χ0) is 25.8. The monoisotopic (exact) mass is 488 g/mol. The number of alkyl halides is 3. The molecule has 1 heterocycles. The van der Waals surface area contributed by atoms with Gasteiger partial charge in [-0.1, -0.05) is 32.0 Å². The number of hydrogen-bond donors (Lipinski definition) is 2. The summed E-state index contributed by atoms with van der Waals surface area (Å²) in [7, 11) is 1.46. The van der Waals surface area contributed by atoms with Gasteiger partial charge in [0, 0.05) is 18.3 Å². The summed E-state index contributed by atoms with van der Waals surface area (Å²) in [6.45, 7) is 3.23. The van der Waals surface area contributed by atoms with Crippen LogP contribution in [0.15, 0.2) is 60.8 Å². The van der Waals surface area contributed by atoms with Gasteiger partial charge in [-0.05, 0) is 59.0 Å². The summed E-state index contributed by atoms with van der Waals surface area (Å²) in [5.41, 5.74) is 1.41. The molecule has 186 valence electrons. The molecule has 0 aliphatic rings. The van der Waals surface area contributed by atoms with Crippen LogP contribution in [0.25, 0.3) is 11.1 Å². The van der Waals surface area contributed by atoms with Crippen LogP contribution in [0.4, 0.5) is 18.0 Å². The first-order valence-electron chi connectivity index (χ1n) is 11.0. The van der Waals surface area contributed by atoms with Gasteiger partial charge < -0.3 is 19.8 Å². The van der Waals surface area contributed by atoms with E-state index < -0.39 is 23.9 Å². The zero-order valence-corrected chi connectivity index (χ0v) is 19.6. The Bertz CT molecular complexity index is 1170. The van der Waals surface area contributed by atoms with Crippen LogP contribution in [0.5, 0.6) is 5.75 Å². The lowest BCUT2D eigenvalue weighted by molar-refractivity contribution is -0.137. The van der Waals surface area contributed by atoms with Gasteiger partial charge in [0.1, 0.15) is 11.9 Å². The Kier molecular flexibility index (Phi) is 8.01. The number of carboxylic acid groups (broad SMARTS) is 1. The first-order valence-corrected chi connectivity index (χ1v) is 11.0. The number of aliphatic hydroxyl groups is 1. The maximum atomic E-state index is 13.5. The second kappa shape index (κ2) is 10.8. The average Bonchev–Trinajstić information content (AvgIpc) is 2.83. The molecule has 2 N–H and O–H groups in total. The van der Waals surface area contributed by atoms with Crippen LogP contribution in [-0.4, -0.2) is 39.8 Å². The van der Waals surface area contributed by atoms with Crippen molar-refractivity contribution in [1.29, 1.82) is 0 Å². The molecule has 3 aromatic rings. The predicted molar refractivity (Wildman–Crippen MR) is 125 cm³/mol. The Morgan fingerprint density at radius 2 is 1.83 bits per heavy atom. The van der Waals surface area contributed by atoms with Gasteiger partial charge in [-0.2, -0.15) is 13.2 Å². The van der Waals surface area contributed by atoms with E-state index in [4.69, 9.17) is 4.74 Å². The molecule has 0 spiro atoms. The molecule has 0 bridgehead atoms. The summed E-state index contributed by atoms with van der Waals surface area (Å²) in [6, 6.07) is 13.5. The lowest BCUT2D eigenvalue weighted by Crippen LogP contribution is -2.33. The third-order valence-corrected chi connectivity index (χ3v) is 5.67. The lowest BCUT2D eigenvalue weighted by atomic mass is 9.92. The molecular weight excluding hydrogens is 461 g/mol. The molecule has 6 nitrogen and oxygen atoms in total. The van der Waals surface area contributed by atoms with Crippen LogP contribution in [-0.2, 0) is 12.7 Å². The fraction of sp³-hybridized carbons (Fsp3) is 0.308.